The van der Waals surface area contributed by atoms with Gasteiger partial charge in [0.25, 0.3) is 0 Å². The van der Waals surface area contributed by atoms with Crippen molar-refractivity contribution in [2.45, 2.75) is 20.3 Å². The van der Waals surface area contributed by atoms with Gasteiger partial charge in [-0.25, -0.2) is 0 Å². The quantitative estimate of drug-likeness (QED) is 0.864. The first-order valence-electron chi connectivity index (χ1n) is 6.36. The van der Waals surface area contributed by atoms with Crippen molar-refractivity contribution >= 4 is 5.57 Å². The highest BCUT2D eigenvalue weighted by atomic mass is 16.3. The van der Waals surface area contributed by atoms with Gasteiger partial charge < -0.3 is 5.11 Å². The van der Waals surface area contributed by atoms with Crippen molar-refractivity contribution in [3.8, 4) is 5.75 Å². The van der Waals surface area contributed by atoms with E-state index < -0.39 is 0 Å². The van der Waals surface area contributed by atoms with Crippen LogP contribution in [-0.4, -0.2) is 29.6 Å². The Morgan fingerprint density at radius 3 is 2.76 bits per heavy atom. The summed E-state index contributed by atoms with van der Waals surface area (Å²) in [7, 11) is 0. The maximum absolute atomic E-state index is 9.48. The fourth-order valence-electron chi connectivity index (χ4n) is 2.36. The van der Waals surface area contributed by atoms with Gasteiger partial charge in [-0.1, -0.05) is 32.1 Å². The van der Waals surface area contributed by atoms with Crippen molar-refractivity contribution < 1.29 is 5.11 Å². The molecule has 2 heteroatoms. The Hall–Kier alpha value is -1.28. The minimum Gasteiger partial charge on any atom is -0.508 e. The van der Waals surface area contributed by atoms with Crippen molar-refractivity contribution in [3.05, 3.63) is 35.9 Å². The highest BCUT2D eigenvalue weighted by Gasteiger charge is 2.13. The van der Waals surface area contributed by atoms with Gasteiger partial charge >= 0.3 is 0 Å². The number of hydrogen-bond donors (Lipinski definition) is 1. The zero-order chi connectivity index (χ0) is 12.3. The molecule has 2 nitrogen and oxygen atoms in total. The third-order valence-corrected chi connectivity index (χ3v) is 3.13. The van der Waals surface area contributed by atoms with Crippen LogP contribution in [0.2, 0.25) is 0 Å². The molecule has 0 saturated carbocycles. The van der Waals surface area contributed by atoms with Gasteiger partial charge in [0.1, 0.15) is 5.75 Å². The fraction of sp³-hybridized carbons (Fsp3) is 0.467. The molecule has 1 aliphatic rings. The Labute approximate surface area is 104 Å². The van der Waals surface area contributed by atoms with Crippen LogP contribution in [0, 0.1) is 5.92 Å². The smallest absolute Gasteiger partial charge is 0.116 e. The van der Waals surface area contributed by atoms with Crippen LogP contribution in [0.1, 0.15) is 25.8 Å². The monoisotopic (exact) mass is 231 g/mol. The van der Waals surface area contributed by atoms with E-state index in [-0.39, 0.29) is 0 Å². The van der Waals surface area contributed by atoms with E-state index in [4.69, 9.17) is 0 Å². The summed E-state index contributed by atoms with van der Waals surface area (Å²) in [6.07, 6.45) is 3.37. The second-order valence-electron chi connectivity index (χ2n) is 5.18. The van der Waals surface area contributed by atoms with E-state index in [0.717, 1.165) is 31.0 Å². The zero-order valence-electron chi connectivity index (χ0n) is 10.7. The average molecular weight is 231 g/mol. The van der Waals surface area contributed by atoms with E-state index in [1.54, 1.807) is 6.07 Å². The van der Waals surface area contributed by atoms with Gasteiger partial charge in [-0.05, 0) is 35.6 Å². The molecular weight excluding hydrogens is 210 g/mol. The maximum Gasteiger partial charge on any atom is 0.116 e. The molecule has 2 rings (SSSR count). The number of aromatic hydroxyl groups is 1. The third-order valence-electron chi connectivity index (χ3n) is 3.13. The van der Waals surface area contributed by atoms with Gasteiger partial charge in [0, 0.05) is 19.6 Å². The summed E-state index contributed by atoms with van der Waals surface area (Å²) in [5, 5.41) is 9.48. The Balaban J connectivity index is 2.03. The molecule has 0 amide bonds. The van der Waals surface area contributed by atoms with E-state index in [1.807, 2.05) is 12.1 Å². The Morgan fingerprint density at radius 1 is 1.35 bits per heavy atom. The predicted octanol–water partition coefficient (Wildman–Crippen LogP) is 3.14. The molecule has 1 aromatic carbocycles. The molecule has 0 bridgehead atoms. The van der Waals surface area contributed by atoms with Gasteiger partial charge in [0.2, 0.25) is 0 Å². The van der Waals surface area contributed by atoms with Crippen LogP contribution < -0.4 is 0 Å². The minimum atomic E-state index is 0.355. The molecule has 0 atom stereocenters. The number of hydrogen-bond acceptors (Lipinski definition) is 2. The van der Waals surface area contributed by atoms with Crippen LogP contribution in [0.5, 0.6) is 5.75 Å². The first kappa shape index (κ1) is 12.2. The topological polar surface area (TPSA) is 23.5 Å². The molecule has 0 aliphatic carbocycles. The molecule has 17 heavy (non-hydrogen) atoms. The van der Waals surface area contributed by atoms with E-state index >= 15 is 0 Å². The highest BCUT2D eigenvalue weighted by Crippen LogP contribution is 2.25. The summed E-state index contributed by atoms with van der Waals surface area (Å²) < 4.78 is 0. The lowest BCUT2D eigenvalue weighted by molar-refractivity contribution is 0.268. The molecule has 1 heterocycles. The van der Waals surface area contributed by atoms with Gasteiger partial charge in [-0.3, -0.25) is 4.90 Å². The Morgan fingerprint density at radius 2 is 2.18 bits per heavy atom. The van der Waals surface area contributed by atoms with Crippen LogP contribution in [0.4, 0.5) is 0 Å². The van der Waals surface area contributed by atoms with Crippen LogP contribution in [-0.2, 0) is 0 Å². The van der Waals surface area contributed by atoms with Crippen LogP contribution in [0.15, 0.2) is 30.3 Å². The highest BCUT2D eigenvalue weighted by molar-refractivity contribution is 5.67. The van der Waals surface area contributed by atoms with Crippen LogP contribution >= 0.6 is 0 Å². The molecule has 0 spiro atoms. The maximum atomic E-state index is 9.48. The molecule has 0 aromatic heterocycles. The van der Waals surface area contributed by atoms with Crippen molar-refractivity contribution in [1.82, 2.24) is 4.90 Å². The summed E-state index contributed by atoms with van der Waals surface area (Å²) >= 11 is 0. The van der Waals surface area contributed by atoms with Crippen molar-refractivity contribution in [3.63, 3.8) is 0 Å². The number of nitrogens with zero attached hydrogens (tertiary/aromatic N) is 1. The third kappa shape index (κ3) is 3.34. The number of phenolic OH excluding ortho intramolecular Hbond substituents is 1. The number of phenols is 1. The minimum absolute atomic E-state index is 0.355. The zero-order valence-corrected chi connectivity index (χ0v) is 10.7. The fourth-order valence-corrected chi connectivity index (χ4v) is 2.36. The largest absolute Gasteiger partial charge is 0.508 e. The molecule has 0 radical (unpaired) electrons. The Bertz CT molecular complexity index is 409. The molecule has 1 aliphatic heterocycles. The summed E-state index contributed by atoms with van der Waals surface area (Å²) in [5.41, 5.74) is 2.52. The second kappa shape index (κ2) is 5.37. The summed E-state index contributed by atoms with van der Waals surface area (Å²) in [4.78, 5) is 2.48. The lowest BCUT2D eigenvalue weighted by Gasteiger charge is -2.27. The average Bonchev–Trinajstić information content (AvgIpc) is 2.29. The van der Waals surface area contributed by atoms with Gasteiger partial charge in [0.05, 0.1) is 0 Å². The molecule has 1 aromatic rings. The lowest BCUT2D eigenvalue weighted by Crippen LogP contribution is -2.31. The van der Waals surface area contributed by atoms with Crippen LogP contribution in [0.25, 0.3) is 5.57 Å². The first-order chi connectivity index (χ1) is 8.15. The lowest BCUT2D eigenvalue weighted by atomic mass is 9.99. The second-order valence-corrected chi connectivity index (χ2v) is 5.18. The summed E-state index contributed by atoms with van der Waals surface area (Å²) in [6.45, 7) is 7.84. The van der Waals surface area contributed by atoms with Crippen molar-refractivity contribution in [1.29, 1.82) is 0 Å². The first-order valence-corrected chi connectivity index (χ1v) is 6.36. The molecule has 92 valence electrons. The normalized spacial score (nSPS) is 17.2. The van der Waals surface area contributed by atoms with E-state index in [1.165, 1.54) is 12.1 Å². The number of rotatable bonds is 3. The van der Waals surface area contributed by atoms with Crippen molar-refractivity contribution in [2.24, 2.45) is 5.92 Å². The number of benzene rings is 1. The summed E-state index contributed by atoms with van der Waals surface area (Å²) in [5.74, 6) is 1.08. The van der Waals surface area contributed by atoms with Gasteiger partial charge in [-0.15, -0.1) is 0 Å². The Kier molecular flexibility index (Phi) is 3.85. The molecular formula is C15H21NO. The van der Waals surface area contributed by atoms with Gasteiger partial charge in [0.15, 0.2) is 0 Å². The van der Waals surface area contributed by atoms with Crippen LogP contribution in [0.3, 0.4) is 0 Å². The molecule has 0 saturated heterocycles. The molecule has 0 fully saturated rings. The standard InChI is InChI=1S/C15H21NO/c1-12(2)11-16-8-6-13(7-9-16)14-4-3-5-15(17)10-14/h3-6,10,12,17H,7-9,11H2,1-2H3. The predicted molar refractivity (Wildman–Crippen MR) is 72.0 cm³/mol. The van der Waals surface area contributed by atoms with Gasteiger partial charge in [-0.2, -0.15) is 0 Å². The van der Waals surface area contributed by atoms with E-state index in [0.29, 0.717) is 5.75 Å². The van der Waals surface area contributed by atoms with E-state index in [2.05, 4.69) is 30.9 Å². The van der Waals surface area contributed by atoms with Crippen molar-refractivity contribution in [2.75, 3.05) is 19.6 Å². The SMILES string of the molecule is CC(C)CN1CC=C(c2cccc(O)c2)CC1. The summed E-state index contributed by atoms with van der Waals surface area (Å²) in [6, 6.07) is 7.55. The molecule has 1 N–H and O–H groups in total. The van der Waals surface area contributed by atoms with E-state index in [9.17, 15) is 5.11 Å². The molecule has 0 unspecified atom stereocenters.